The monoisotopic (exact) mass is 365 g/mol. The van der Waals surface area contributed by atoms with Gasteiger partial charge in [0.25, 0.3) is 5.91 Å². The number of fused-ring (bicyclic) bond motifs is 1. The van der Waals surface area contributed by atoms with Gasteiger partial charge < -0.3 is 14.8 Å². The highest BCUT2D eigenvalue weighted by Gasteiger charge is 2.35. The highest BCUT2D eigenvalue weighted by molar-refractivity contribution is 5.81. The summed E-state index contributed by atoms with van der Waals surface area (Å²) in [5, 5.41) is 2.77. The summed E-state index contributed by atoms with van der Waals surface area (Å²) in [5.74, 6) is -0.0794. The molecule has 2 aromatic carbocycles. The molecule has 2 aromatic rings. The molecule has 3 rings (SSSR count). The molecule has 1 N–H and O–H groups in total. The smallest absolute Gasteiger partial charge is 0.419 e. The number of hydrogen-bond acceptors (Lipinski definition) is 3. The Kier molecular flexibility index (Phi) is 5.06. The van der Waals surface area contributed by atoms with Crippen LogP contribution in [0.1, 0.15) is 18.1 Å². The summed E-state index contributed by atoms with van der Waals surface area (Å²) in [6, 6.07) is 12.1. The number of carbonyl (C=O) groups is 1. The fourth-order valence-electron chi connectivity index (χ4n) is 2.79. The average Bonchev–Trinajstić information content (AvgIpc) is 2.61. The van der Waals surface area contributed by atoms with Crippen LogP contribution in [0.2, 0.25) is 0 Å². The number of carbonyl (C=O) groups excluding carboxylic acids is 1. The molecular formula is C19H18F3NO3. The van der Waals surface area contributed by atoms with Gasteiger partial charge in [0, 0.05) is 0 Å². The van der Waals surface area contributed by atoms with E-state index in [1.165, 1.54) is 25.1 Å². The van der Waals surface area contributed by atoms with Gasteiger partial charge in [-0.05, 0) is 37.1 Å². The molecule has 0 spiro atoms. The maximum atomic E-state index is 13.0. The van der Waals surface area contributed by atoms with E-state index in [9.17, 15) is 18.0 Å². The van der Waals surface area contributed by atoms with Gasteiger partial charge in [-0.3, -0.25) is 4.79 Å². The number of para-hydroxylation sites is 2. The first kappa shape index (κ1) is 18.1. The van der Waals surface area contributed by atoms with Crippen LogP contribution in [0.15, 0.2) is 48.5 Å². The normalized spacial score (nSPS) is 17.6. The van der Waals surface area contributed by atoms with Crippen molar-refractivity contribution in [2.75, 3.05) is 6.61 Å². The van der Waals surface area contributed by atoms with E-state index in [-0.39, 0.29) is 11.8 Å². The molecule has 0 unspecified atom stereocenters. The van der Waals surface area contributed by atoms with Crippen LogP contribution >= 0.6 is 0 Å². The predicted octanol–water partition coefficient (Wildman–Crippen LogP) is 3.59. The lowest BCUT2D eigenvalue weighted by molar-refractivity contribution is -0.140. The first-order valence-corrected chi connectivity index (χ1v) is 8.18. The van der Waals surface area contributed by atoms with Crippen molar-refractivity contribution >= 4 is 5.91 Å². The molecule has 0 saturated heterocycles. The van der Waals surface area contributed by atoms with E-state index < -0.39 is 23.8 Å². The molecule has 0 aliphatic carbocycles. The van der Waals surface area contributed by atoms with E-state index in [2.05, 4.69) is 5.32 Å². The zero-order valence-corrected chi connectivity index (χ0v) is 14.0. The molecule has 0 aromatic heterocycles. The van der Waals surface area contributed by atoms with E-state index in [1.807, 2.05) is 24.3 Å². The molecule has 138 valence electrons. The quantitative estimate of drug-likeness (QED) is 0.901. The summed E-state index contributed by atoms with van der Waals surface area (Å²) >= 11 is 0. The minimum atomic E-state index is -4.55. The van der Waals surface area contributed by atoms with E-state index in [4.69, 9.17) is 9.47 Å². The molecular weight excluding hydrogens is 347 g/mol. The van der Waals surface area contributed by atoms with Gasteiger partial charge in [0.2, 0.25) is 0 Å². The van der Waals surface area contributed by atoms with Gasteiger partial charge in [-0.1, -0.05) is 30.3 Å². The summed E-state index contributed by atoms with van der Waals surface area (Å²) in [4.78, 5) is 12.3. The first-order chi connectivity index (χ1) is 12.3. The lowest BCUT2D eigenvalue weighted by atomic mass is 10.0. The highest BCUT2D eigenvalue weighted by atomic mass is 19.4. The molecule has 1 aliphatic heterocycles. The van der Waals surface area contributed by atoms with Gasteiger partial charge in [-0.15, -0.1) is 0 Å². The van der Waals surface area contributed by atoms with Crippen molar-refractivity contribution in [2.45, 2.75) is 31.7 Å². The fraction of sp³-hybridized carbons (Fsp3) is 0.316. The van der Waals surface area contributed by atoms with Gasteiger partial charge in [0.15, 0.2) is 6.10 Å². The van der Waals surface area contributed by atoms with Crippen molar-refractivity contribution in [3.8, 4) is 11.5 Å². The molecule has 0 bridgehead atoms. The number of benzene rings is 2. The van der Waals surface area contributed by atoms with Gasteiger partial charge in [-0.2, -0.15) is 13.2 Å². The molecule has 1 amide bonds. The van der Waals surface area contributed by atoms with E-state index in [0.29, 0.717) is 13.0 Å². The molecule has 0 radical (unpaired) electrons. The fourth-order valence-corrected chi connectivity index (χ4v) is 2.79. The van der Waals surface area contributed by atoms with Crippen molar-refractivity contribution in [3.05, 3.63) is 59.7 Å². The number of hydrogen-bond donors (Lipinski definition) is 1. The summed E-state index contributed by atoms with van der Waals surface area (Å²) in [6.45, 7) is 1.72. The van der Waals surface area contributed by atoms with Gasteiger partial charge >= 0.3 is 6.18 Å². The Morgan fingerprint density at radius 1 is 1.19 bits per heavy atom. The Morgan fingerprint density at radius 2 is 1.88 bits per heavy atom. The van der Waals surface area contributed by atoms with Crippen LogP contribution in [-0.2, 0) is 17.4 Å². The van der Waals surface area contributed by atoms with E-state index >= 15 is 0 Å². The van der Waals surface area contributed by atoms with Crippen LogP contribution in [0.5, 0.6) is 11.5 Å². The number of halogens is 3. The number of rotatable bonds is 4. The molecule has 0 saturated carbocycles. The van der Waals surface area contributed by atoms with E-state index in [0.717, 1.165) is 17.4 Å². The average molecular weight is 365 g/mol. The van der Waals surface area contributed by atoms with Crippen molar-refractivity contribution in [1.29, 1.82) is 0 Å². The third kappa shape index (κ3) is 4.09. The first-order valence-electron chi connectivity index (χ1n) is 8.18. The summed E-state index contributed by atoms with van der Waals surface area (Å²) in [5.41, 5.74) is 0.0645. The van der Waals surface area contributed by atoms with Crippen LogP contribution in [-0.4, -0.2) is 24.7 Å². The zero-order valence-electron chi connectivity index (χ0n) is 14.0. The molecule has 0 fully saturated rings. The minimum absolute atomic E-state index is 0.263. The largest absolute Gasteiger partial charge is 0.491 e. The summed E-state index contributed by atoms with van der Waals surface area (Å²) < 4.78 is 49.9. The second-order valence-electron chi connectivity index (χ2n) is 6.08. The number of nitrogens with one attached hydrogen (secondary N) is 1. The summed E-state index contributed by atoms with van der Waals surface area (Å²) in [7, 11) is 0. The minimum Gasteiger partial charge on any atom is -0.491 e. The highest BCUT2D eigenvalue weighted by Crippen LogP contribution is 2.36. The van der Waals surface area contributed by atoms with Crippen LogP contribution in [0.25, 0.3) is 0 Å². The number of ether oxygens (including phenoxy) is 2. The van der Waals surface area contributed by atoms with E-state index in [1.54, 1.807) is 0 Å². The van der Waals surface area contributed by atoms with Crippen LogP contribution < -0.4 is 14.8 Å². The second kappa shape index (κ2) is 7.27. The Balaban J connectivity index is 1.63. The van der Waals surface area contributed by atoms with Gasteiger partial charge in [0.05, 0.1) is 11.6 Å². The lowest BCUT2D eigenvalue weighted by Crippen LogP contribution is -2.47. The molecule has 1 aliphatic rings. The van der Waals surface area contributed by atoms with Crippen molar-refractivity contribution < 1.29 is 27.4 Å². The zero-order chi connectivity index (χ0) is 18.7. The van der Waals surface area contributed by atoms with Crippen LogP contribution in [0, 0.1) is 0 Å². The second-order valence-corrected chi connectivity index (χ2v) is 6.08. The molecule has 2 atom stereocenters. The molecule has 4 nitrogen and oxygen atoms in total. The maximum Gasteiger partial charge on any atom is 0.419 e. The van der Waals surface area contributed by atoms with Crippen LogP contribution in [0.4, 0.5) is 13.2 Å². The number of alkyl halides is 3. The maximum absolute atomic E-state index is 13.0. The topological polar surface area (TPSA) is 47.6 Å². The molecule has 26 heavy (non-hydrogen) atoms. The Morgan fingerprint density at radius 3 is 2.65 bits per heavy atom. The molecule has 1 heterocycles. The van der Waals surface area contributed by atoms with Crippen LogP contribution in [0.3, 0.4) is 0 Å². The Hall–Kier alpha value is -2.70. The third-order valence-corrected chi connectivity index (χ3v) is 4.09. The van der Waals surface area contributed by atoms with Crippen molar-refractivity contribution in [3.63, 3.8) is 0 Å². The molecule has 7 heteroatoms. The summed E-state index contributed by atoms with van der Waals surface area (Å²) in [6.07, 6.45) is -5.03. The van der Waals surface area contributed by atoms with Crippen molar-refractivity contribution in [2.24, 2.45) is 0 Å². The standard InChI is InChI=1S/C19H18F3NO3/c1-12(26-17-9-5-3-7-15(17)19(20,21)22)18(24)23-14-10-13-6-2-4-8-16(13)25-11-14/h2-9,12,14H,10-11H2,1H3,(H,23,24)/t12-,14-/m1/s1. The van der Waals surface area contributed by atoms with Crippen molar-refractivity contribution in [1.82, 2.24) is 5.32 Å². The predicted molar refractivity (Wildman–Crippen MR) is 89.1 cm³/mol. The van der Waals surface area contributed by atoms with Gasteiger partial charge in [0.1, 0.15) is 18.1 Å². The number of amides is 1. The SMILES string of the molecule is C[C@@H](Oc1ccccc1C(F)(F)F)C(=O)N[C@H]1COc2ccccc2C1. The Bertz CT molecular complexity index is 792. The third-order valence-electron chi connectivity index (χ3n) is 4.09. The van der Waals surface area contributed by atoms with Gasteiger partial charge in [-0.25, -0.2) is 0 Å². The lowest BCUT2D eigenvalue weighted by Gasteiger charge is -2.27. The Labute approximate surface area is 148 Å².